The Kier molecular flexibility index (Phi) is 4.76. The van der Waals surface area contributed by atoms with E-state index >= 15 is 0 Å². The molecule has 0 aliphatic carbocycles. The van der Waals surface area contributed by atoms with Crippen LogP contribution in [0.1, 0.15) is 31.2 Å². The lowest BCUT2D eigenvalue weighted by molar-refractivity contribution is -0.119. The van der Waals surface area contributed by atoms with Crippen molar-refractivity contribution in [2.75, 3.05) is 13.7 Å². The van der Waals surface area contributed by atoms with Gasteiger partial charge in [-0.25, -0.2) is 0 Å². The van der Waals surface area contributed by atoms with Gasteiger partial charge in [0.1, 0.15) is 11.5 Å². The first-order chi connectivity index (χ1) is 8.79. The maximum atomic E-state index is 11.9. The zero-order chi connectivity index (χ0) is 12.8. The monoisotopic (exact) mass is 248 g/mol. The number of rotatable bonds is 6. The number of carbonyl (C=O) groups is 1. The third-order valence-electron chi connectivity index (χ3n) is 3.35. The van der Waals surface area contributed by atoms with Gasteiger partial charge in [0.05, 0.1) is 13.2 Å². The van der Waals surface area contributed by atoms with Crippen LogP contribution in [-0.2, 0) is 16.0 Å². The molecule has 1 aromatic rings. The van der Waals surface area contributed by atoms with Crippen LogP contribution >= 0.6 is 0 Å². The van der Waals surface area contributed by atoms with Crippen molar-refractivity contribution in [2.24, 2.45) is 0 Å². The SMILES string of the molecule is COc1ccccc1CC(=O)CCC1CCCO1. The van der Waals surface area contributed by atoms with E-state index < -0.39 is 0 Å². The standard InChI is InChI=1S/C15H20O3/c1-17-15-7-3-2-5-12(15)11-13(16)8-9-14-6-4-10-18-14/h2-3,5,7,14H,4,6,8-11H2,1H3. The Morgan fingerprint density at radius 3 is 3.00 bits per heavy atom. The molecule has 0 N–H and O–H groups in total. The average molecular weight is 248 g/mol. The minimum atomic E-state index is 0.259. The van der Waals surface area contributed by atoms with Crippen molar-refractivity contribution in [1.29, 1.82) is 0 Å². The van der Waals surface area contributed by atoms with E-state index in [9.17, 15) is 4.79 Å². The van der Waals surface area contributed by atoms with Crippen LogP contribution in [0.25, 0.3) is 0 Å². The van der Waals surface area contributed by atoms with Crippen molar-refractivity contribution < 1.29 is 14.3 Å². The summed E-state index contributed by atoms with van der Waals surface area (Å²) < 4.78 is 10.8. The smallest absolute Gasteiger partial charge is 0.137 e. The summed E-state index contributed by atoms with van der Waals surface area (Å²) in [5.74, 6) is 1.05. The number of hydrogen-bond acceptors (Lipinski definition) is 3. The Labute approximate surface area is 108 Å². The molecule has 3 nitrogen and oxygen atoms in total. The van der Waals surface area contributed by atoms with E-state index in [4.69, 9.17) is 9.47 Å². The normalized spacial score (nSPS) is 18.8. The van der Waals surface area contributed by atoms with E-state index in [1.54, 1.807) is 7.11 Å². The third kappa shape index (κ3) is 3.57. The second kappa shape index (κ2) is 6.55. The van der Waals surface area contributed by atoms with Crippen molar-refractivity contribution in [1.82, 2.24) is 0 Å². The molecule has 1 aliphatic rings. The molecule has 0 bridgehead atoms. The fraction of sp³-hybridized carbons (Fsp3) is 0.533. The molecule has 1 fully saturated rings. The number of ketones is 1. The lowest BCUT2D eigenvalue weighted by atomic mass is 10.0. The van der Waals surface area contributed by atoms with Crippen LogP contribution in [0.2, 0.25) is 0 Å². The summed E-state index contributed by atoms with van der Waals surface area (Å²) in [6, 6.07) is 7.69. The lowest BCUT2D eigenvalue weighted by Crippen LogP contribution is -2.10. The third-order valence-corrected chi connectivity index (χ3v) is 3.35. The van der Waals surface area contributed by atoms with E-state index in [0.29, 0.717) is 18.9 Å². The molecule has 1 saturated heterocycles. The summed E-state index contributed by atoms with van der Waals surface area (Å²) in [6.45, 7) is 0.853. The second-order valence-corrected chi connectivity index (χ2v) is 4.70. The van der Waals surface area contributed by atoms with Crippen molar-refractivity contribution >= 4 is 5.78 Å². The van der Waals surface area contributed by atoms with Crippen molar-refractivity contribution in [2.45, 2.75) is 38.2 Å². The number of ether oxygens (including phenoxy) is 2. The van der Waals surface area contributed by atoms with Crippen LogP contribution in [0.3, 0.4) is 0 Å². The van der Waals surface area contributed by atoms with Crippen LogP contribution in [0.5, 0.6) is 5.75 Å². The summed E-state index contributed by atoms with van der Waals surface area (Å²) in [4.78, 5) is 11.9. The van der Waals surface area contributed by atoms with Gasteiger partial charge in [0, 0.05) is 25.0 Å². The van der Waals surface area contributed by atoms with Crippen LogP contribution in [0.4, 0.5) is 0 Å². The highest BCUT2D eigenvalue weighted by molar-refractivity contribution is 5.81. The van der Waals surface area contributed by atoms with Gasteiger partial charge in [-0.3, -0.25) is 4.79 Å². The van der Waals surface area contributed by atoms with Gasteiger partial charge in [0.15, 0.2) is 0 Å². The predicted octanol–water partition coefficient (Wildman–Crippen LogP) is 2.77. The highest BCUT2D eigenvalue weighted by atomic mass is 16.5. The highest BCUT2D eigenvalue weighted by Gasteiger charge is 2.17. The van der Waals surface area contributed by atoms with Crippen molar-refractivity contribution in [3.05, 3.63) is 29.8 Å². The Hall–Kier alpha value is -1.35. The number of hydrogen-bond donors (Lipinski definition) is 0. The minimum Gasteiger partial charge on any atom is -0.496 e. The van der Waals surface area contributed by atoms with Crippen molar-refractivity contribution in [3.63, 3.8) is 0 Å². The quantitative estimate of drug-likeness (QED) is 0.776. The summed E-state index contributed by atoms with van der Waals surface area (Å²) >= 11 is 0. The number of carbonyl (C=O) groups excluding carboxylic acids is 1. The zero-order valence-electron chi connectivity index (χ0n) is 10.9. The molecule has 0 amide bonds. The van der Waals surface area contributed by atoms with E-state index in [-0.39, 0.29) is 5.78 Å². The minimum absolute atomic E-state index is 0.259. The molecule has 2 rings (SSSR count). The summed E-state index contributed by atoms with van der Waals surface area (Å²) in [5, 5.41) is 0. The Morgan fingerprint density at radius 2 is 2.28 bits per heavy atom. The first-order valence-electron chi connectivity index (χ1n) is 6.55. The van der Waals surface area contributed by atoms with E-state index in [1.807, 2.05) is 24.3 Å². The van der Waals surface area contributed by atoms with Crippen LogP contribution in [0, 0.1) is 0 Å². The molecule has 0 radical (unpaired) electrons. The molecule has 1 aliphatic heterocycles. The van der Waals surface area contributed by atoms with Gasteiger partial charge in [-0.05, 0) is 25.3 Å². The molecular formula is C15H20O3. The van der Waals surface area contributed by atoms with Gasteiger partial charge in [-0.2, -0.15) is 0 Å². The second-order valence-electron chi connectivity index (χ2n) is 4.70. The molecule has 1 heterocycles. The molecule has 0 aromatic heterocycles. The van der Waals surface area contributed by atoms with E-state index in [0.717, 1.165) is 37.2 Å². The summed E-state index contributed by atoms with van der Waals surface area (Å²) in [7, 11) is 1.63. The molecule has 18 heavy (non-hydrogen) atoms. The van der Waals surface area contributed by atoms with Gasteiger partial charge in [0.2, 0.25) is 0 Å². The molecule has 1 unspecified atom stereocenters. The summed E-state index contributed by atoms with van der Waals surface area (Å²) in [5.41, 5.74) is 0.970. The van der Waals surface area contributed by atoms with Gasteiger partial charge in [0.25, 0.3) is 0 Å². The van der Waals surface area contributed by atoms with Crippen molar-refractivity contribution in [3.8, 4) is 5.75 Å². The number of Topliss-reactive ketones (excluding diaryl/α,β-unsaturated/α-hetero) is 1. The molecule has 98 valence electrons. The maximum Gasteiger partial charge on any atom is 0.137 e. The van der Waals surface area contributed by atoms with Gasteiger partial charge in [-0.15, -0.1) is 0 Å². The Balaban J connectivity index is 1.82. The maximum absolute atomic E-state index is 11.9. The fourth-order valence-corrected chi connectivity index (χ4v) is 2.34. The number of methoxy groups -OCH3 is 1. The molecule has 0 saturated carbocycles. The van der Waals surface area contributed by atoms with Gasteiger partial charge in [-0.1, -0.05) is 18.2 Å². The molecule has 1 atom stereocenters. The van der Waals surface area contributed by atoms with Crippen LogP contribution in [0.15, 0.2) is 24.3 Å². The largest absolute Gasteiger partial charge is 0.496 e. The van der Waals surface area contributed by atoms with Gasteiger partial charge < -0.3 is 9.47 Å². The zero-order valence-corrected chi connectivity index (χ0v) is 10.9. The lowest BCUT2D eigenvalue weighted by Gasteiger charge is -2.09. The van der Waals surface area contributed by atoms with E-state index in [1.165, 1.54) is 0 Å². The predicted molar refractivity (Wildman–Crippen MR) is 69.9 cm³/mol. The number of benzene rings is 1. The average Bonchev–Trinajstić information content (AvgIpc) is 2.90. The molecule has 0 spiro atoms. The van der Waals surface area contributed by atoms with Crippen LogP contribution < -0.4 is 4.74 Å². The fourth-order valence-electron chi connectivity index (χ4n) is 2.34. The Morgan fingerprint density at radius 1 is 1.44 bits per heavy atom. The first kappa shape index (κ1) is 13.1. The number of para-hydroxylation sites is 1. The molecule has 1 aromatic carbocycles. The summed E-state index contributed by atoms with van der Waals surface area (Å²) in [6.07, 6.45) is 4.44. The topological polar surface area (TPSA) is 35.5 Å². The van der Waals surface area contributed by atoms with Gasteiger partial charge >= 0.3 is 0 Å². The van der Waals surface area contributed by atoms with Crippen LogP contribution in [-0.4, -0.2) is 25.6 Å². The Bertz CT molecular complexity index is 394. The molecule has 3 heteroatoms. The first-order valence-corrected chi connectivity index (χ1v) is 6.55. The van der Waals surface area contributed by atoms with E-state index in [2.05, 4.69) is 0 Å². The highest BCUT2D eigenvalue weighted by Crippen LogP contribution is 2.20. The molecular weight excluding hydrogens is 228 g/mol.